The number of ether oxygens (including phenoxy) is 1. The average molecular weight is 317 g/mol. The number of fused-ring (bicyclic) bond motifs is 3. The fraction of sp³-hybridized carbons (Fsp3) is 0.647. The van der Waals surface area contributed by atoms with Crippen LogP contribution in [0.2, 0.25) is 0 Å². The molecule has 2 aromatic rings. The maximum atomic E-state index is 5.65. The van der Waals surface area contributed by atoms with E-state index in [0.29, 0.717) is 5.92 Å². The molecule has 0 aromatic carbocycles. The van der Waals surface area contributed by atoms with Crippen LogP contribution in [0.4, 0.5) is 5.82 Å². The molecule has 22 heavy (non-hydrogen) atoms. The van der Waals surface area contributed by atoms with Crippen molar-refractivity contribution in [2.24, 2.45) is 5.92 Å². The number of hydrogen-bond donors (Lipinski definition) is 0. The van der Waals surface area contributed by atoms with E-state index < -0.39 is 0 Å². The topological polar surface area (TPSA) is 38.2 Å². The molecule has 0 bridgehead atoms. The lowest BCUT2D eigenvalue weighted by Gasteiger charge is -2.33. The van der Waals surface area contributed by atoms with E-state index in [-0.39, 0.29) is 0 Å². The largest absolute Gasteiger partial charge is 0.381 e. The SMILES string of the molecule is CCOCC1CCCN(c2ncnc3sc4c(c23)CCC4)C1. The number of aromatic nitrogens is 2. The van der Waals surface area contributed by atoms with Gasteiger partial charge in [0.2, 0.25) is 0 Å². The van der Waals surface area contributed by atoms with Gasteiger partial charge in [0.25, 0.3) is 0 Å². The van der Waals surface area contributed by atoms with E-state index >= 15 is 0 Å². The minimum Gasteiger partial charge on any atom is -0.381 e. The summed E-state index contributed by atoms with van der Waals surface area (Å²) in [6, 6.07) is 0. The fourth-order valence-corrected chi connectivity index (χ4v) is 5.05. The Morgan fingerprint density at radius 2 is 2.27 bits per heavy atom. The van der Waals surface area contributed by atoms with Crippen molar-refractivity contribution in [3.63, 3.8) is 0 Å². The third-order valence-corrected chi connectivity index (χ3v) is 6.06. The first-order chi connectivity index (χ1) is 10.9. The van der Waals surface area contributed by atoms with Crippen LogP contribution >= 0.6 is 11.3 Å². The normalized spacial score (nSPS) is 21.5. The fourth-order valence-electron chi connectivity index (χ4n) is 3.83. The molecule has 2 aliphatic rings. The maximum absolute atomic E-state index is 5.65. The Bertz CT molecular complexity index is 669. The van der Waals surface area contributed by atoms with Crippen LogP contribution in [0.25, 0.3) is 10.2 Å². The Labute approximate surface area is 135 Å². The highest BCUT2D eigenvalue weighted by Crippen LogP contribution is 2.40. The molecule has 0 amide bonds. The monoisotopic (exact) mass is 317 g/mol. The van der Waals surface area contributed by atoms with E-state index in [1.165, 1.54) is 53.7 Å². The summed E-state index contributed by atoms with van der Waals surface area (Å²) in [6.07, 6.45) is 7.96. The van der Waals surface area contributed by atoms with Crippen molar-refractivity contribution in [2.75, 3.05) is 31.2 Å². The van der Waals surface area contributed by atoms with E-state index in [1.54, 1.807) is 11.2 Å². The summed E-state index contributed by atoms with van der Waals surface area (Å²) in [5.41, 5.74) is 1.53. The van der Waals surface area contributed by atoms with E-state index in [9.17, 15) is 0 Å². The van der Waals surface area contributed by atoms with Crippen LogP contribution in [-0.4, -0.2) is 36.3 Å². The molecule has 0 spiro atoms. The molecule has 0 N–H and O–H groups in total. The molecule has 1 atom stereocenters. The number of rotatable bonds is 4. The predicted molar refractivity (Wildman–Crippen MR) is 90.9 cm³/mol. The standard InChI is InChI=1S/C17H23N3OS/c1-2-21-10-12-5-4-8-20(9-12)16-15-13-6-3-7-14(13)22-17(15)19-11-18-16/h11-12H,2-10H2,1H3. The molecule has 4 nitrogen and oxygen atoms in total. The zero-order chi connectivity index (χ0) is 14.9. The van der Waals surface area contributed by atoms with Gasteiger partial charge in [0.15, 0.2) is 0 Å². The Morgan fingerprint density at radius 1 is 1.32 bits per heavy atom. The van der Waals surface area contributed by atoms with Crippen molar-refractivity contribution in [2.45, 2.75) is 39.0 Å². The first-order valence-corrected chi connectivity index (χ1v) is 9.26. The molecule has 4 rings (SSSR count). The van der Waals surface area contributed by atoms with Crippen molar-refractivity contribution in [1.82, 2.24) is 9.97 Å². The molecule has 1 saturated heterocycles. The first-order valence-electron chi connectivity index (χ1n) is 8.44. The van der Waals surface area contributed by atoms with Gasteiger partial charge in [-0.2, -0.15) is 0 Å². The lowest BCUT2D eigenvalue weighted by Crippen LogP contribution is -2.37. The third kappa shape index (κ3) is 2.50. The van der Waals surface area contributed by atoms with Crippen LogP contribution in [0.5, 0.6) is 0 Å². The molecular weight excluding hydrogens is 294 g/mol. The Morgan fingerprint density at radius 3 is 3.18 bits per heavy atom. The molecule has 0 saturated carbocycles. The Balaban J connectivity index is 1.65. The molecule has 1 fully saturated rings. The second-order valence-corrected chi connectivity index (χ2v) is 7.43. The lowest BCUT2D eigenvalue weighted by molar-refractivity contribution is 0.104. The van der Waals surface area contributed by atoms with Gasteiger partial charge in [0, 0.05) is 24.6 Å². The number of anilines is 1. The smallest absolute Gasteiger partial charge is 0.141 e. The molecule has 0 radical (unpaired) electrons. The van der Waals surface area contributed by atoms with Gasteiger partial charge in [0.1, 0.15) is 17.0 Å². The summed E-state index contributed by atoms with van der Waals surface area (Å²) in [5, 5.41) is 1.34. The third-order valence-electron chi connectivity index (χ3n) is 4.86. The van der Waals surface area contributed by atoms with Gasteiger partial charge in [0.05, 0.1) is 12.0 Å². The van der Waals surface area contributed by atoms with Crippen LogP contribution in [0, 0.1) is 5.92 Å². The zero-order valence-electron chi connectivity index (χ0n) is 13.2. The lowest BCUT2D eigenvalue weighted by atomic mass is 9.98. The summed E-state index contributed by atoms with van der Waals surface area (Å²) in [5.74, 6) is 1.80. The van der Waals surface area contributed by atoms with Gasteiger partial charge >= 0.3 is 0 Å². The van der Waals surface area contributed by atoms with Gasteiger partial charge < -0.3 is 9.64 Å². The van der Waals surface area contributed by atoms with Crippen molar-refractivity contribution >= 4 is 27.4 Å². The summed E-state index contributed by atoms with van der Waals surface area (Å²) >= 11 is 1.88. The van der Waals surface area contributed by atoms with Gasteiger partial charge in [-0.25, -0.2) is 9.97 Å². The van der Waals surface area contributed by atoms with Crippen molar-refractivity contribution in [3.05, 3.63) is 16.8 Å². The number of hydrogen-bond acceptors (Lipinski definition) is 5. The first kappa shape index (κ1) is 14.4. The number of nitrogens with zero attached hydrogens (tertiary/aromatic N) is 3. The second-order valence-electron chi connectivity index (χ2n) is 6.35. The zero-order valence-corrected chi connectivity index (χ0v) is 14.0. The number of aryl methyl sites for hydroxylation is 2. The maximum Gasteiger partial charge on any atom is 0.141 e. The van der Waals surface area contributed by atoms with Crippen LogP contribution in [0.3, 0.4) is 0 Å². The van der Waals surface area contributed by atoms with Gasteiger partial charge in [-0.3, -0.25) is 0 Å². The van der Waals surface area contributed by atoms with E-state index in [1.807, 2.05) is 11.3 Å². The van der Waals surface area contributed by atoms with Gasteiger partial charge in [-0.1, -0.05) is 0 Å². The molecule has 118 valence electrons. The van der Waals surface area contributed by atoms with Crippen molar-refractivity contribution in [1.29, 1.82) is 0 Å². The summed E-state index contributed by atoms with van der Waals surface area (Å²) in [7, 11) is 0. The minimum absolute atomic E-state index is 0.630. The summed E-state index contributed by atoms with van der Waals surface area (Å²) in [6.45, 7) is 5.94. The number of thiophene rings is 1. The molecule has 1 unspecified atom stereocenters. The molecule has 1 aliphatic carbocycles. The highest BCUT2D eigenvalue weighted by Gasteiger charge is 2.26. The number of piperidine rings is 1. The van der Waals surface area contributed by atoms with Crippen LogP contribution in [-0.2, 0) is 17.6 Å². The van der Waals surface area contributed by atoms with E-state index in [4.69, 9.17) is 4.74 Å². The Kier molecular flexibility index (Phi) is 4.01. The Hall–Kier alpha value is -1.20. The summed E-state index contributed by atoms with van der Waals surface area (Å²) in [4.78, 5) is 14.4. The van der Waals surface area contributed by atoms with Crippen LogP contribution < -0.4 is 4.90 Å². The van der Waals surface area contributed by atoms with Crippen LogP contribution in [0.1, 0.15) is 36.6 Å². The van der Waals surface area contributed by atoms with Crippen molar-refractivity contribution in [3.8, 4) is 0 Å². The molecular formula is C17H23N3OS. The average Bonchev–Trinajstić information content (AvgIpc) is 3.13. The van der Waals surface area contributed by atoms with E-state index in [2.05, 4.69) is 21.8 Å². The molecule has 1 aliphatic heterocycles. The second kappa shape index (κ2) is 6.13. The summed E-state index contributed by atoms with van der Waals surface area (Å²) < 4.78 is 5.65. The predicted octanol–water partition coefficient (Wildman–Crippen LogP) is 3.43. The van der Waals surface area contributed by atoms with Gasteiger partial charge in [-0.05, 0) is 50.5 Å². The van der Waals surface area contributed by atoms with E-state index in [0.717, 1.165) is 26.3 Å². The molecule has 5 heteroatoms. The molecule has 3 heterocycles. The van der Waals surface area contributed by atoms with Crippen molar-refractivity contribution < 1.29 is 4.74 Å². The quantitative estimate of drug-likeness (QED) is 0.866. The molecule has 2 aromatic heterocycles. The highest BCUT2D eigenvalue weighted by molar-refractivity contribution is 7.19. The highest BCUT2D eigenvalue weighted by atomic mass is 32.1. The van der Waals surface area contributed by atoms with Gasteiger partial charge in [-0.15, -0.1) is 11.3 Å². The minimum atomic E-state index is 0.630. The van der Waals surface area contributed by atoms with Crippen LogP contribution in [0.15, 0.2) is 6.33 Å².